The maximum atomic E-state index is 9.87. The van der Waals surface area contributed by atoms with Crippen LogP contribution in [0.5, 0.6) is 5.75 Å². The average molecular weight is 279 g/mol. The van der Waals surface area contributed by atoms with Crippen LogP contribution < -0.4 is 5.32 Å². The van der Waals surface area contributed by atoms with Gasteiger partial charge < -0.3 is 10.4 Å². The first-order valence-corrected chi connectivity index (χ1v) is 7.87. The normalized spacial score (nSPS) is 27.2. The molecule has 2 heteroatoms. The van der Waals surface area contributed by atoms with Gasteiger partial charge >= 0.3 is 0 Å². The first kappa shape index (κ1) is 12.9. The molecule has 0 aromatic heterocycles. The van der Waals surface area contributed by atoms with E-state index < -0.39 is 0 Å². The molecule has 2 aromatic carbocycles. The molecule has 3 atom stereocenters. The number of phenols is 1. The number of fused-ring (bicyclic) bond motifs is 3. The first-order valence-electron chi connectivity index (χ1n) is 7.87. The number of piperidine rings is 1. The van der Waals surface area contributed by atoms with Crippen LogP contribution in [0.15, 0.2) is 42.5 Å². The quantitative estimate of drug-likeness (QED) is 0.830. The third-order valence-electron chi connectivity index (χ3n) is 5.20. The fourth-order valence-electron chi connectivity index (χ4n) is 4.29. The van der Waals surface area contributed by atoms with Crippen LogP contribution in [-0.4, -0.2) is 11.7 Å². The lowest BCUT2D eigenvalue weighted by Gasteiger charge is -2.31. The molecular weight excluding hydrogens is 258 g/mol. The Balaban J connectivity index is 1.89. The molecule has 1 fully saturated rings. The van der Waals surface area contributed by atoms with Crippen molar-refractivity contribution in [2.45, 2.75) is 31.7 Å². The highest BCUT2D eigenvalue weighted by Crippen LogP contribution is 2.52. The molecule has 0 bridgehead atoms. The molecule has 0 amide bonds. The molecule has 1 heterocycles. The van der Waals surface area contributed by atoms with Gasteiger partial charge in [0.05, 0.1) is 0 Å². The van der Waals surface area contributed by atoms with Crippen LogP contribution in [0.4, 0.5) is 0 Å². The van der Waals surface area contributed by atoms with E-state index in [1.807, 2.05) is 12.1 Å². The van der Waals surface area contributed by atoms with Crippen LogP contribution in [0.1, 0.15) is 47.1 Å². The Morgan fingerprint density at radius 3 is 2.76 bits per heavy atom. The molecule has 4 rings (SSSR count). The third kappa shape index (κ3) is 1.97. The minimum Gasteiger partial charge on any atom is -0.508 e. The number of aryl methyl sites for hydroxylation is 1. The van der Waals surface area contributed by atoms with E-state index in [1.165, 1.54) is 35.1 Å². The molecule has 1 saturated heterocycles. The van der Waals surface area contributed by atoms with Crippen molar-refractivity contribution in [3.63, 3.8) is 0 Å². The van der Waals surface area contributed by atoms with Crippen LogP contribution in [0.2, 0.25) is 0 Å². The zero-order valence-electron chi connectivity index (χ0n) is 12.3. The summed E-state index contributed by atoms with van der Waals surface area (Å²) in [7, 11) is 0. The van der Waals surface area contributed by atoms with E-state index in [9.17, 15) is 5.11 Å². The molecule has 0 saturated carbocycles. The van der Waals surface area contributed by atoms with Crippen molar-refractivity contribution in [3.8, 4) is 5.75 Å². The van der Waals surface area contributed by atoms with Crippen molar-refractivity contribution in [2.24, 2.45) is 5.92 Å². The van der Waals surface area contributed by atoms with Crippen LogP contribution in [0.25, 0.3) is 0 Å². The molecule has 0 spiro atoms. The van der Waals surface area contributed by atoms with Crippen LogP contribution in [0.3, 0.4) is 0 Å². The average Bonchev–Trinajstić information content (AvgIpc) is 2.82. The number of nitrogens with one attached hydrogen (secondary N) is 1. The summed E-state index contributed by atoms with van der Waals surface area (Å²) in [5.41, 5.74) is 5.51. The first-order chi connectivity index (χ1) is 10.3. The Bertz CT molecular complexity index is 679. The lowest BCUT2D eigenvalue weighted by molar-refractivity contribution is 0.286. The molecule has 108 valence electrons. The summed E-state index contributed by atoms with van der Waals surface area (Å²) in [5, 5.41) is 13.5. The highest BCUT2D eigenvalue weighted by molar-refractivity contribution is 5.50. The second-order valence-electron chi connectivity index (χ2n) is 6.39. The minimum absolute atomic E-state index is 0.380. The van der Waals surface area contributed by atoms with E-state index in [-0.39, 0.29) is 0 Å². The fraction of sp³-hybridized carbons (Fsp3) is 0.368. The Labute approximate surface area is 125 Å². The molecule has 1 aliphatic carbocycles. The van der Waals surface area contributed by atoms with E-state index in [2.05, 4.69) is 42.6 Å². The maximum absolute atomic E-state index is 9.87. The predicted molar refractivity (Wildman–Crippen MR) is 84.6 cm³/mol. The molecular formula is C19H21NO. The Kier molecular flexibility index (Phi) is 3.00. The van der Waals surface area contributed by atoms with Gasteiger partial charge in [0, 0.05) is 12.0 Å². The smallest absolute Gasteiger partial charge is 0.115 e. The van der Waals surface area contributed by atoms with E-state index >= 15 is 0 Å². The van der Waals surface area contributed by atoms with Crippen LogP contribution >= 0.6 is 0 Å². The largest absolute Gasteiger partial charge is 0.508 e. The number of hydrogen-bond donors (Lipinski definition) is 2. The number of rotatable bonds is 1. The monoisotopic (exact) mass is 279 g/mol. The van der Waals surface area contributed by atoms with Crippen molar-refractivity contribution in [2.75, 3.05) is 6.54 Å². The van der Waals surface area contributed by atoms with Crippen LogP contribution in [0, 0.1) is 12.8 Å². The van der Waals surface area contributed by atoms with Gasteiger partial charge in [0.15, 0.2) is 0 Å². The van der Waals surface area contributed by atoms with Crippen molar-refractivity contribution >= 4 is 0 Å². The van der Waals surface area contributed by atoms with Gasteiger partial charge in [-0.2, -0.15) is 0 Å². The highest BCUT2D eigenvalue weighted by Gasteiger charge is 2.42. The molecule has 21 heavy (non-hydrogen) atoms. The standard InChI is InChI=1S/C19H21NO/c1-12-5-2-3-6-14(12)18-15-9-8-13(21)11-17(15)19-16(18)7-4-10-20-19/h2-3,5-6,8-9,11,16,18-21H,4,7,10H2,1H3. The SMILES string of the molecule is Cc1ccccc1C1c2ccc(O)cc2C2NCCCC21. The number of hydrogen-bond acceptors (Lipinski definition) is 2. The molecule has 0 radical (unpaired) electrons. The summed E-state index contributed by atoms with van der Waals surface area (Å²) >= 11 is 0. The summed E-state index contributed by atoms with van der Waals surface area (Å²) in [5.74, 6) is 1.45. The summed E-state index contributed by atoms with van der Waals surface area (Å²) in [6.07, 6.45) is 2.50. The van der Waals surface area contributed by atoms with Gasteiger partial charge in [-0.15, -0.1) is 0 Å². The Morgan fingerprint density at radius 1 is 1.05 bits per heavy atom. The highest BCUT2D eigenvalue weighted by atomic mass is 16.3. The van der Waals surface area contributed by atoms with Gasteiger partial charge in [-0.1, -0.05) is 30.3 Å². The van der Waals surface area contributed by atoms with E-state index in [0.29, 0.717) is 23.6 Å². The molecule has 1 aliphatic heterocycles. The predicted octanol–water partition coefficient (Wildman–Crippen LogP) is 3.89. The van der Waals surface area contributed by atoms with Gasteiger partial charge in [-0.25, -0.2) is 0 Å². The van der Waals surface area contributed by atoms with Gasteiger partial charge in [0.1, 0.15) is 5.75 Å². The summed E-state index contributed by atoms with van der Waals surface area (Å²) in [6, 6.07) is 15.1. The summed E-state index contributed by atoms with van der Waals surface area (Å²) in [4.78, 5) is 0. The van der Waals surface area contributed by atoms with Crippen molar-refractivity contribution < 1.29 is 5.11 Å². The van der Waals surface area contributed by atoms with Crippen molar-refractivity contribution in [1.29, 1.82) is 0 Å². The summed E-state index contributed by atoms with van der Waals surface area (Å²) < 4.78 is 0. The number of benzene rings is 2. The molecule has 2 nitrogen and oxygen atoms in total. The van der Waals surface area contributed by atoms with Gasteiger partial charge in [0.2, 0.25) is 0 Å². The molecule has 2 aromatic rings. The van der Waals surface area contributed by atoms with E-state index in [4.69, 9.17) is 0 Å². The molecule has 3 unspecified atom stereocenters. The molecule has 2 aliphatic rings. The molecule has 2 N–H and O–H groups in total. The minimum atomic E-state index is 0.380. The Hall–Kier alpha value is -1.80. The topological polar surface area (TPSA) is 32.3 Å². The van der Waals surface area contributed by atoms with Gasteiger partial charge in [-0.3, -0.25) is 0 Å². The number of aromatic hydroxyl groups is 1. The second-order valence-corrected chi connectivity index (χ2v) is 6.39. The van der Waals surface area contributed by atoms with Crippen LogP contribution in [-0.2, 0) is 0 Å². The summed E-state index contributed by atoms with van der Waals surface area (Å²) in [6.45, 7) is 3.29. The Morgan fingerprint density at radius 2 is 1.90 bits per heavy atom. The van der Waals surface area contributed by atoms with Gasteiger partial charge in [-0.05, 0) is 66.6 Å². The van der Waals surface area contributed by atoms with Gasteiger partial charge in [0.25, 0.3) is 0 Å². The lowest BCUT2D eigenvalue weighted by Crippen LogP contribution is -2.33. The third-order valence-corrected chi connectivity index (χ3v) is 5.20. The number of phenolic OH excluding ortho intramolecular Hbond substituents is 1. The lowest BCUT2D eigenvalue weighted by atomic mass is 9.79. The zero-order chi connectivity index (χ0) is 14.4. The van der Waals surface area contributed by atoms with E-state index in [1.54, 1.807) is 0 Å². The van der Waals surface area contributed by atoms with Crippen molar-refractivity contribution in [3.05, 3.63) is 64.7 Å². The maximum Gasteiger partial charge on any atom is 0.115 e. The second kappa shape index (κ2) is 4.88. The van der Waals surface area contributed by atoms with E-state index in [0.717, 1.165) is 6.54 Å². The fourth-order valence-corrected chi connectivity index (χ4v) is 4.29. The zero-order valence-corrected chi connectivity index (χ0v) is 12.3. The van der Waals surface area contributed by atoms with Crippen molar-refractivity contribution in [1.82, 2.24) is 5.32 Å².